The second-order valence-corrected chi connectivity index (χ2v) is 10.1. The smallest absolute Gasteiger partial charge is 0.408 e. The lowest BCUT2D eigenvalue weighted by atomic mass is 9.97. The number of carbonyl (C=O) groups excluding carboxylic acids is 3. The second-order valence-electron chi connectivity index (χ2n) is 10.1. The Balaban J connectivity index is 2.36. The van der Waals surface area contributed by atoms with Gasteiger partial charge >= 0.3 is 6.09 Å². The number of nitrogens with zero attached hydrogens (tertiary/aromatic N) is 1. The van der Waals surface area contributed by atoms with Gasteiger partial charge in [0.25, 0.3) is 0 Å². The zero-order chi connectivity index (χ0) is 26.7. The molecule has 36 heavy (non-hydrogen) atoms. The van der Waals surface area contributed by atoms with Crippen LogP contribution in [0.2, 0.25) is 0 Å². The molecule has 0 saturated carbocycles. The summed E-state index contributed by atoms with van der Waals surface area (Å²) in [7, 11) is 0. The molecule has 0 spiro atoms. The SMILES string of the molecule is CCCCCN(C(=O)C(C)NC(=O)OC(C)(C)C)C(C(=O)NCc1ccccc1)c1ccccc1C. The van der Waals surface area contributed by atoms with Crippen LogP contribution < -0.4 is 10.6 Å². The summed E-state index contributed by atoms with van der Waals surface area (Å²) in [4.78, 5) is 41.3. The largest absolute Gasteiger partial charge is 0.444 e. The van der Waals surface area contributed by atoms with E-state index in [-0.39, 0.29) is 11.8 Å². The lowest BCUT2D eigenvalue weighted by molar-refractivity contribution is -0.142. The van der Waals surface area contributed by atoms with Crippen molar-refractivity contribution in [1.82, 2.24) is 15.5 Å². The van der Waals surface area contributed by atoms with Crippen molar-refractivity contribution < 1.29 is 19.1 Å². The highest BCUT2D eigenvalue weighted by Gasteiger charge is 2.35. The number of aryl methyl sites for hydroxylation is 1. The van der Waals surface area contributed by atoms with Crippen molar-refractivity contribution in [1.29, 1.82) is 0 Å². The van der Waals surface area contributed by atoms with E-state index in [1.165, 1.54) is 0 Å². The molecule has 0 radical (unpaired) electrons. The number of ether oxygens (including phenoxy) is 1. The third-order valence-electron chi connectivity index (χ3n) is 5.74. The van der Waals surface area contributed by atoms with Gasteiger partial charge in [-0.1, -0.05) is 74.4 Å². The first-order valence-electron chi connectivity index (χ1n) is 12.7. The van der Waals surface area contributed by atoms with E-state index in [9.17, 15) is 14.4 Å². The average molecular weight is 496 g/mol. The summed E-state index contributed by atoms with van der Waals surface area (Å²) < 4.78 is 5.34. The number of amides is 3. The minimum atomic E-state index is -0.866. The molecular formula is C29H41N3O4. The van der Waals surface area contributed by atoms with Crippen molar-refractivity contribution in [3.63, 3.8) is 0 Å². The molecule has 7 nitrogen and oxygen atoms in total. The van der Waals surface area contributed by atoms with E-state index < -0.39 is 23.8 Å². The van der Waals surface area contributed by atoms with E-state index in [1.54, 1.807) is 32.6 Å². The molecule has 0 aromatic heterocycles. The number of hydrogen-bond acceptors (Lipinski definition) is 4. The molecule has 0 aliphatic rings. The van der Waals surface area contributed by atoms with E-state index in [2.05, 4.69) is 17.6 Å². The fourth-order valence-corrected chi connectivity index (χ4v) is 3.92. The monoisotopic (exact) mass is 495 g/mol. The molecular weight excluding hydrogens is 454 g/mol. The number of hydrogen-bond donors (Lipinski definition) is 2. The summed E-state index contributed by atoms with van der Waals surface area (Å²) in [5, 5.41) is 5.66. The third kappa shape index (κ3) is 9.02. The Kier molecular flexibility index (Phi) is 11.0. The molecule has 2 aromatic carbocycles. The molecule has 0 fully saturated rings. The first-order valence-corrected chi connectivity index (χ1v) is 12.7. The minimum Gasteiger partial charge on any atom is -0.444 e. The number of nitrogens with one attached hydrogen (secondary N) is 2. The van der Waals surface area contributed by atoms with Crippen LogP contribution >= 0.6 is 0 Å². The Labute approximate surface area is 215 Å². The van der Waals surface area contributed by atoms with E-state index in [4.69, 9.17) is 4.74 Å². The molecule has 2 aromatic rings. The van der Waals surface area contributed by atoms with Gasteiger partial charge in [0.05, 0.1) is 0 Å². The van der Waals surface area contributed by atoms with Crippen molar-refractivity contribution in [3.8, 4) is 0 Å². The molecule has 2 rings (SSSR count). The highest BCUT2D eigenvalue weighted by atomic mass is 16.6. The van der Waals surface area contributed by atoms with Gasteiger partial charge in [0.15, 0.2) is 0 Å². The highest BCUT2D eigenvalue weighted by Crippen LogP contribution is 2.26. The van der Waals surface area contributed by atoms with Crippen LogP contribution in [0.3, 0.4) is 0 Å². The van der Waals surface area contributed by atoms with Crippen LogP contribution in [0.1, 0.15) is 76.6 Å². The van der Waals surface area contributed by atoms with E-state index in [0.29, 0.717) is 13.1 Å². The predicted molar refractivity (Wildman–Crippen MR) is 142 cm³/mol. The van der Waals surface area contributed by atoms with Gasteiger partial charge in [-0.05, 0) is 57.7 Å². The zero-order valence-electron chi connectivity index (χ0n) is 22.5. The maximum absolute atomic E-state index is 13.7. The fourth-order valence-electron chi connectivity index (χ4n) is 3.92. The molecule has 0 aliphatic carbocycles. The van der Waals surface area contributed by atoms with Crippen LogP contribution in [0.25, 0.3) is 0 Å². The Morgan fingerprint density at radius 1 is 0.972 bits per heavy atom. The number of benzene rings is 2. The van der Waals surface area contributed by atoms with E-state index >= 15 is 0 Å². The van der Waals surface area contributed by atoms with Gasteiger partial charge in [-0.15, -0.1) is 0 Å². The fraction of sp³-hybridized carbons (Fsp3) is 0.483. The van der Waals surface area contributed by atoms with Crippen LogP contribution in [-0.4, -0.2) is 41.0 Å². The highest BCUT2D eigenvalue weighted by molar-refractivity contribution is 5.92. The van der Waals surface area contributed by atoms with Crippen LogP contribution in [0, 0.1) is 6.92 Å². The van der Waals surface area contributed by atoms with Crippen molar-refractivity contribution in [2.75, 3.05) is 6.54 Å². The Morgan fingerprint density at radius 3 is 2.22 bits per heavy atom. The normalized spacial score (nSPS) is 12.8. The zero-order valence-corrected chi connectivity index (χ0v) is 22.5. The van der Waals surface area contributed by atoms with Gasteiger partial charge in [0.1, 0.15) is 17.7 Å². The molecule has 2 unspecified atom stereocenters. The molecule has 0 aliphatic heterocycles. The molecule has 0 bridgehead atoms. The van der Waals surface area contributed by atoms with Crippen LogP contribution in [0.4, 0.5) is 4.79 Å². The van der Waals surface area contributed by atoms with Crippen molar-refractivity contribution in [2.24, 2.45) is 0 Å². The molecule has 196 valence electrons. The molecule has 2 N–H and O–H groups in total. The van der Waals surface area contributed by atoms with Crippen molar-refractivity contribution in [2.45, 2.75) is 85.0 Å². The summed E-state index contributed by atoms with van der Waals surface area (Å²) >= 11 is 0. The quantitative estimate of drug-likeness (QED) is 0.415. The first kappa shape index (κ1) is 28.9. The Bertz CT molecular complexity index is 1000. The standard InChI is InChI=1S/C29H41N3O4/c1-7-8-14-19-32(27(34)22(3)31-28(35)36-29(4,5)6)25(24-18-13-12-15-21(24)2)26(33)30-20-23-16-10-9-11-17-23/h9-13,15-18,22,25H,7-8,14,19-20H2,1-6H3,(H,30,33)(H,31,35). The number of unbranched alkanes of at least 4 members (excludes halogenated alkanes) is 2. The van der Waals surface area contributed by atoms with Crippen LogP contribution in [0.5, 0.6) is 0 Å². The first-order chi connectivity index (χ1) is 17.0. The van der Waals surface area contributed by atoms with Gasteiger partial charge in [-0.2, -0.15) is 0 Å². The van der Waals surface area contributed by atoms with Crippen LogP contribution in [0.15, 0.2) is 54.6 Å². The molecule has 7 heteroatoms. The van der Waals surface area contributed by atoms with Gasteiger partial charge in [0.2, 0.25) is 11.8 Å². The molecule has 0 saturated heterocycles. The summed E-state index contributed by atoms with van der Waals surface area (Å²) in [5.41, 5.74) is 1.96. The summed E-state index contributed by atoms with van der Waals surface area (Å²) in [6.07, 6.45) is 1.97. The topological polar surface area (TPSA) is 87.7 Å². The lowest BCUT2D eigenvalue weighted by Gasteiger charge is -2.34. The van der Waals surface area contributed by atoms with Crippen molar-refractivity contribution in [3.05, 3.63) is 71.3 Å². The number of rotatable bonds is 11. The average Bonchev–Trinajstić information content (AvgIpc) is 2.82. The number of alkyl carbamates (subject to hydrolysis) is 1. The molecule has 0 heterocycles. The maximum Gasteiger partial charge on any atom is 0.408 e. The molecule has 3 amide bonds. The second kappa shape index (κ2) is 13.7. The van der Waals surface area contributed by atoms with Gasteiger partial charge in [-0.3, -0.25) is 9.59 Å². The van der Waals surface area contributed by atoms with Crippen molar-refractivity contribution >= 4 is 17.9 Å². The predicted octanol–water partition coefficient (Wildman–Crippen LogP) is 5.28. The van der Waals surface area contributed by atoms with Gasteiger partial charge in [0, 0.05) is 13.1 Å². The Morgan fingerprint density at radius 2 is 1.61 bits per heavy atom. The lowest BCUT2D eigenvalue weighted by Crippen LogP contribution is -2.52. The van der Waals surface area contributed by atoms with E-state index in [0.717, 1.165) is 36.0 Å². The van der Waals surface area contributed by atoms with E-state index in [1.807, 2.05) is 61.5 Å². The summed E-state index contributed by atoms with van der Waals surface area (Å²) in [6.45, 7) is 11.7. The Hall–Kier alpha value is -3.35. The minimum absolute atomic E-state index is 0.262. The molecule has 2 atom stereocenters. The summed E-state index contributed by atoms with van der Waals surface area (Å²) in [6, 6.07) is 15.6. The van der Waals surface area contributed by atoms with Crippen LogP contribution in [-0.2, 0) is 20.9 Å². The van der Waals surface area contributed by atoms with Gasteiger partial charge in [-0.25, -0.2) is 4.79 Å². The maximum atomic E-state index is 13.7. The third-order valence-corrected chi connectivity index (χ3v) is 5.74. The number of carbonyl (C=O) groups is 3. The van der Waals surface area contributed by atoms with Gasteiger partial charge < -0.3 is 20.3 Å². The summed E-state index contributed by atoms with van der Waals surface area (Å²) in [5.74, 6) is -0.595.